The zero-order valence-corrected chi connectivity index (χ0v) is 14.1. The first kappa shape index (κ1) is 16.6. The molecule has 5 nitrogen and oxygen atoms in total. The predicted molar refractivity (Wildman–Crippen MR) is 95.6 cm³/mol. The SMILES string of the molecule is Cc1ccc(/C=C(\C#N)C(=O)Nc2ccc3c(c2)OCCO3)c(C)c1. The molecular weight excluding hydrogens is 316 g/mol. The van der Waals surface area contributed by atoms with Crippen LogP contribution in [0.15, 0.2) is 42.0 Å². The number of ether oxygens (including phenoxy) is 2. The van der Waals surface area contributed by atoms with E-state index >= 15 is 0 Å². The molecule has 2 aromatic carbocycles. The standard InChI is InChI=1S/C20H18N2O3/c1-13-3-4-15(14(2)9-13)10-16(12-21)20(23)22-17-5-6-18-19(11-17)25-8-7-24-18/h3-6,9-11H,7-8H2,1-2H3,(H,22,23)/b16-10+. The largest absolute Gasteiger partial charge is 0.486 e. The van der Waals surface area contributed by atoms with Crippen molar-refractivity contribution in [1.82, 2.24) is 0 Å². The first-order valence-electron chi connectivity index (χ1n) is 7.97. The Hall–Kier alpha value is -3.26. The normalized spacial score (nSPS) is 13.1. The lowest BCUT2D eigenvalue weighted by molar-refractivity contribution is -0.112. The van der Waals surface area contributed by atoms with Gasteiger partial charge in [-0.1, -0.05) is 23.8 Å². The van der Waals surface area contributed by atoms with Gasteiger partial charge in [0, 0.05) is 11.8 Å². The Kier molecular flexibility index (Phi) is 4.71. The van der Waals surface area contributed by atoms with E-state index in [0.717, 1.165) is 16.7 Å². The number of nitriles is 1. The quantitative estimate of drug-likeness (QED) is 0.687. The molecule has 0 aliphatic carbocycles. The lowest BCUT2D eigenvalue weighted by atomic mass is 10.0. The van der Waals surface area contributed by atoms with Crippen molar-refractivity contribution >= 4 is 17.7 Å². The van der Waals surface area contributed by atoms with Gasteiger partial charge in [-0.2, -0.15) is 5.26 Å². The third kappa shape index (κ3) is 3.81. The fourth-order valence-electron chi connectivity index (χ4n) is 2.61. The third-order valence-electron chi connectivity index (χ3n) is 3.89. The van der Waals surface area contributed by atoms with Crippen LogP contribution in [-0.4, -0.2) is 19.1 Å². The topological polar surface area (TPSA) is 71.4 Å². The van der Waals surface area contributed by atoms with Crippen LogP contribution < -0.4 is 14.8 Å². The van der Waals surface area contributed by atoms with Gasteiger partial charge in [0.2, 0.25) is 0 Å². The van der Waals surface area contributed by atoms with E-state index in [2.05, 4.69) is 5.32 Å². The van der Waals surface area contributed by atoms with Crippen LogP contribution in [0.25, 0.3) is 6.08 Å². The summed E-state index contributed by atoms with van der Waals surface area (Å²) in [6.07, 6.45) is 1.60. The smallest absolute Gasteiger partial charge is 0.266 e. The highest BCUT2D eigenvalue weighted by Crippen LogP contribution is 2.32. The highest BCUT2D eigenvalue weighted by atomic mass is 16.6. The molecule has 0 saturated carbocycles. The molecule has 0 radical (unpaired) electrons. The molecule has 0 saturated heterocycles. The Labute approximate surface area is 146 Å². The fraction of sp³-hybridized carbons (Fsp3) is 0.200. The van der Waals surface area contributed by atoms with Gasteiger partial charge in [-0.3, -0.25) is 4.79 Å². The van der Waals surface area contributed by atoms with E-state index in [9.17, 15) is 10.1 Å². The molecule has 25 heavy (non-hydrogen) atoms. The highest BCUT2D eigenvalue weighted by Gasteiger charge is 2.15. The summed E-state index contributed by atoms with van der Waals surface area (Å²) in [5.74, 6) is 0.774. The average molecular weight is 334 g/mol. The van der Waals surface area contributed by atoms with Crippen molar-refractivity contribution in [2.24, 2.45) is 0 Å². The van der Waals surface area contributed by atoms with Crippen LogP contribution in [0.5, 0.6) is 11.5 Å². The van der Waals surface area contributed by atoms with Gasteiger partial charge in [-0.25, -0.2) is 0 Å². The zero-order chi connectivity index (χ0) is 17.8. The minimum atomic E-state index is -0.459. The van der Waals surface area contributed by atoms with Crippen LogP contribution in [0.1, 0.15) is 16.7 Å². The molecule has 2 aromatic rings. The Morgan fingerprint density at radius 1 is 1.12 bits per heavy atom. The summed E-state index contributed by atoms with van der Waals surface area (Å²) in [6, 6.07) is 13.0. The van der Waals surface area contributed by atoms with Gasteiger partial charge in [0.15, 0.2) is 11.5 Å². The summed E-state index contributed by atoms with van der Waals surface area (Å²) in [5.41, 5.74) is 3.59. The molecule has 3 rings (SSSR count). The van der Waals surface area contributed by atoms with Crippen LogP contribution in [0.4, 0.5) is 5.69 Å². The summed E-state index contributed by atoms with van der Waals surface area (Å²) in [5, 5.41) is 12.1. The number of nitrogens with one attached hydrogen (secondary N) is 1. The molecule has 0 bridgehead atoms. The van der Waals surface area contributed by atoms with Crippen molar-refractivity contribution in [3.05, 3.63) is 58.7 Å². The average Bonchev–Trinajstić information content (AvgIpc) is 2.61. The Balaban J connectivity index is 1.81. The number of aryl methyl sites for hydroxylation is 2. The number of carbonyl (C=O) groups is 1. The maximum absolute atomic E-state index is 12.4. The highest BCUT2D eigenvalue weighted by molar-refractivity contribution is 6.09. The number of anilines is 1. The summed E-state index contributed by atoms with van der Waals surface area (Å²) < 4.78 is 11.0. The first-order chi connectivity index (χ1) is 12.1. The minimum absolute atomic E-state index is 0.0434. The summed E-state index contributed by atoms with van der Waals surface area (Å²) >= 11 is 0. The zero-order valence-electron chi connectivity index (χ0n) is 14.1. The van der Waals surface area contributed by atoms with Crippen LogP contribution >= 0.6 is 0 Å². The second-order valence-electron chi connectivity index (χ2n) is 5.84. The minimum Gasteiger partial charge on any atom is -0.486 e. The molecule has 0 fully saturated rings. The van der Waals surface area contributed by atoms with Crippen LogP contribution in [-0.2, 0) is 4.79 Å². The van der Waals surface area contributed by atoms with E-state index in [0.29, 0.717) is 30.4 Å². The van der Waals surface area contributed by atoms with Gasteiger partial charge in [0.1, 0.15) is 24.9 Å². The van der Waals surface area contributed by atoms with Crippen molar-refractivity contribution in [2.45, 2.75) is 13.8 Å². The van der Waals surface area contributed by atoms with Gasteiger partial charge in [0.25, 0.3) is 5.91 Å². The van der Waals surface area contributed by atoms with Gasteiger partial charge in [-0.15, -0.1) is 0 Å². The van der Waals surface area contributed by atoms with Gasteiger partial charge < -0.3 is 14.8 Å². The molecule has 1 amide bonds. The van der Waals surface area contributed by atoms with E-state index in [4.69, 9.17) is 9.47 Å². The molecule has 126 valence electrons. The number of amides is 1. The number of carbonyl (C=O) groups excluding carboxylic acids is 1. The lowest BCUT2D eigenvalue weighted by Gasteiger charge is -2.18. The summed E-state index contributed by atoms with van der Waals surface area (Å²) in [6.45, 7) is 4.93. The fourth-order valence-corrected chi connectivity index (χ4v) is 2.61. The monoisotopic (exact) mass is 334 g/mol. The number of rotatable bonds is 3. The number of hydrogen-bond donors (Lipinski definition) is 1. The van der Waals surface area contributed by atoms with E-state index in [-0.39, 0.29) is 5.57 Å². The lowest BCUT2D eigenvalue weighted by Crippen LogP contribution is -2.17. The number of hydrogen-bond acceptors (Lipinski definition) is 4. The Morgan fingerprint density at radius 3 is 2.60 bits per heavy atom. The van der Waals surface area contributed by atoms with Crippen molar-refractivity contribution in [3.63, 3.8) is 0 Å². The van der Waals surface area contributed by atoms with Crippen LogP contribution in [0.3, 0.4) is 0 Å². The molecule has 1 heterocycles. The molecule has 5 heteroatoms. The maximum atomic E-state index is 12.4. The van der Waals surface area contributed by atoms with Crippen molar-refractivity contribution in [2.75, 3.05) is 18.5 Å². The number of nitrogens with zero attached hydrogens (tertiary/aromatic N) is 1. The predicted octanol–water partition coefficient (Wildman–Crippen LogP) is 3.62. The van der Waals surface area contributed by atoms with E-state index in [1.165, 1.54) is 0 Å². The second-order valence-corrected chi connectivity index (χ2v) is 5.84. The second kappa shape index (κ2) is 7.10. The molecule has 0 spiro atoms. The Morgan fingerprint density at radius 2 is 1.88 bits per heavy atom. The van der Waals surface area contributed by atoms with Gasteiger partial charge in [0.05, 0.1) is 0 Å². The molecule has 1 N–H and O–H groups in total. The van der Waals surface area contributed by atoms with Crippen molar-refractivity contribution < 1.29 is 14.3 Å². The Bertz CT molecular complexity index is 894. The van der Waals surface area contributed by atoms with Gasteiger partial charge >= 0.3 is 0 Å². The third-order valence-corrected chi connectivity index (χ3v) is 3.89. The summed E-state index contributed by atoms with van der Waals surface area (Å²) in [4.78, 5) is 12.4. The maximum Gasteiger partial charge on any atom is 0.266 e. The molecule has 0 unspecified atom stereocenters. The van der Waals surface area contributed by atoms with Gasteiger partial charge in [-0.05, 0) is 43.2 Å². The number of benzene rings is 2. The molecular formula is C20H18N2O3. The van der Waals surface area contributed by atoms with E-state index < -0.39 is 5.91 Å². The first-order valence-corrected chi connectivity index (χ1v) is 7.97. The van der Waals surface area contributed by atoms with Crippen LogP contribution in [0.2, 0.25) is 0 Å². The molecule has 1 aliphatic heterocycles. The van der Waals surface area contributed by atoms with Crippen LogP contribution in [0, 0.1) is 25.2 Å². The molecule has 0 atom stereocenters. The van der Waals surface area contributed by atoms with E-state index in [1.807, 2.05) is 38.1 Å². The van der Waals surface area contributed by atoms with E-state index in [1.54, 1.807) is 24.3 Å². The summed E-state index contributed by atoms with van der Waals surface area (Å²) in [7, 11) is 0. The van der Waals surface area contributed by atoms with Crippen molar-refractivity contribution in [3.8, 4) is 17.6 Å². The number of fused-ring (bicyclic) bond motifs is 1. The van der Waals surface area contributed by atoms with Crippen molar-refractivity contribution in [1.29, 1.82) is 5.26 Å². The molecule has 0 aromatic heterocycles. The molecule has 1 aliphatic rings.